The van der Waals surface area contributed by atoms with Gasteiger partial charge in [-0.3, -0.25) is 0 Å². The second-order valence-electron chi connectivity index (χ2n) is 5.51. The largest absolute Gasteiger partial charge is 0.478 e. The Labute approximate surface area is 134 Å². The summed E-state index contributed by atoms with van der Waals surface area (Å²) < 4.78 is 0.943. The number of aliphatic carboxylic acids is 1. The molecular weight excluding hydrogens is 330 g/mol. The van der Waals surface area contributed by atoms with E-state index in [0.717, 1.165) is 16.6 Å². The molecule has 1 saturated heterocycles. The first-order valence-corrected chi connectivity index (χ1v) is 8.38. The van der Waals surface area contributed by atoms with Crippen LogP contribution in [0, 0.1) is 0 Å². The summed E-state index contributed by atoms with van der Waals surface area (Å²) in [5.41, 5.74) is 2.12. The van der Waals surface area contributed by atoms with Crippen LogP contribution >= 0.6 is 15.9 Å². The van der Waals surface area contributed by atoms with Crippen molar-refractivity contribution < 1.29 is 9.90 Å². The molecule has 1 unspecified atom stereocenters. The zero-order chi connectivity index (χ0) is 15.2. The standard InChI is InChI=1S/C17H22BrNO2/c1-2-5-14-6-3-4-11-19(14)15-9-7-13(16(18)12-15)8-10-17(20)21/h7-10,12,14H,2-6,11H2,1H3,(H,20,21)/b10-8+. The number of carboxylic acids is 1. The van der Waals surface area contributed by atoms with Gasteiger partial charge in [-0.1, -0.05) is 35.3 Å². The van der Waals surface area contributed by atoms with Crippen LogP contribution in [0.25, 0.3) is 6.08 Å². The number of hydrogen-bond donors (Lipinski definition) is 1. The average molecular weight is 352 g/mol. The van der Waals surface area contributed by atoms with Crippen LogP contribution < -0.4 is 4.90 Å². The molecule has 1 aliphatic rings. The van der Waals surface area contributed by atoms with Crippen LogP contribution in [0.1, 0.15) is 44.6 Å². The lowest BCUT2D eigenvalue weighted by molar-refractivity contribution is -0.131. The summed E-state index contributed by atoms with van der Waals surface area (Å²) in [5, 5.41) is 8.71. The fraction of sp³-hybridized carbons (Fsp3) is 0.471. The van der Waals surface area contributed by atoms with Crippen molar-refractivity contribution in [3.05, 3.63) is 34.3 Å². The molecule has 1 aromatic carbocycles. The lowest BCUT2D eigenvalue weighted by Crippen LogP contribution is -2.39. The molecule has 4 heteroatoms. The fourth-order valence-electron chi connectivity index (χ4n) is 2.96. The normalized spacial score (nSPS) is 19.1. The molecule has 1 aliphatic heterocycles. The number of piperidine rings is 1. The van der Waals surface area contributed by atoms with Gasteiger partial charge >= 0.3 is 5.97 Å². The topological polar surface area (TPSA) is 40.5 Å². The van der Waals surface area contributed by atoms with Gasteiger partial charge < -0.3 is 10.0 Å². The van der Waals surface area contributed by atoms with E-state index in [9.17, 15) is 4.79 Å². The Kier molecular flexibility index (Phi) is 5.85. The second-order valence-corrected chi connectivity index (χ2v) is 6.36. The smallest absolute Gasteiger partial charge is 0.328 e. The Bertz CT molecular complexity index is 526. The molecule has 1 fully saturated rings. The summed E-state index contributed by atoms with van der Waals surface area (Å²) in [7, 11) is 0. The number of rotatable bonds is 5. The number of hydrogen-bond acceptors (Lipinski definition) is 2. The first-order chi connectivity index (χ1) is 10.1. The molecule has 114 valence electrons. The predicted octanol–water partition coefficient (Wildman–Crippen LogP) is 4.71. The summed E-state index contributed by atoms with van der Waals surface area (Å²) in [6, 6.07) is 6.82. The van der Waals surface area contributed by atoms with Crippen LogP contribution in [0.15, 0.2) is 28.7 Å². The van der Waals surface area contributed by atoms with E-state index in [1.54, 1.807) is 6.08 Å². The number of carbonyl (C=O) groups is 1. The summed E-state index contributed by atoms with van der Waals surface area (Å²) >= 11 is 3.55. The van der Waals surface area contributed by atoms with Crippen molar-refractivity contribution in [2.75, 3.05) is 11.4 Å². The van der Waals surface area contributed by atoms with E-state index in [2.05, 4.69) is 39.9 Å². The van der Waals surface area contributed by atoms with Gasteiger partial charge in [0.15, 0.2) is 0 Å². The molecule has 0 amide bonds. The molecule has 1 aromatic rings. The number of anilines is 1. The van der Waals surface area contributed by atoms with Crippen molar-refractivity contribution in [1.29, 1.82) is 0 Å². The van der Waals surface area contributed by atoms with E-state index in [0.29, 0.717) is 6.04 Å². The van der Waals surface area contributed by atoms with E-state index in [4.69, 9.17) is 5.11 Å². The lowest BCUT2D eigenvalue weighted by atomic mass is 9.97. The van der Waals surface area contributed by atoms with E-state index in [-0.39, 0.29) is 0 Å². The van der Waals surface area contributed by atoms with Crippen LogP contribution in [-0.2, 0) is 4.79 Å². The minimum Gasteiger partial charge on any atom is -0.478 e. The van der Waals surface area contributed by atoms with E-state index >= 15 is 0 Å². The zero-order valence-electron chi connectivity index (χ0n) is 12.4. The fourth-order valence-corrected chi connectivity index (χ4v) is 3.46. The number of nitrogens with zero attached hydrogens (tertiary/aromatic N) is 1. The highest BCUT2D eigenvalue weighted by atomic mass is 79.9. The van der Waals surface area contributed by atoms with Gasteiger partial charge in [-0.15, -0.1) is 0 Å². The van der Waals surface area contributed by atoms with Crippen molar-refractivity contribution in [1.82, 2.24) is 0 Å². The maximum absolute atomic E-state index is 10.6. The molecule has 1 heterocycles. The molecule has 0 saturated carbocycles. The molecule has 1 atom stereocenters. The second kappa shape index (κ2) is 7.64. The maximum Gasteiger partial charge on any atom is 0.328 e. The number of halogens is 1. The van der Waals surface area contributed by atoms with Crippen molar-refractivity contribution in [3.63, 3.8) is 0 Å². The molecule has 0 radical (unpaired) electrons. The molecule has 3 nitrogen and oxygen atoms in total. The third-order valence-corrected chi connectivity index (χ3v) is 4.66. The predicted molar refractivity (Wildman–Crippen MR) is 90.7 cm³/mol. The van der Waals surface area contributed by atoms with Crippen molar-refractivity contribution in [2.24, 2.45) is 0 Å². The molecule has 2 rings (SSSR count). The Morgan fingerprint density at radius 2 is 2.29 bits per heavy atom. The molecule has 0 aromatic heterocycles. The van der Waals surface area contributed by atoms with Gasteiger partial charge in [0.1, 0.15) is 0 Å². The average Bonchev–Trinajstić information content (AvgIpc) is 2.47. The van der Waals surface area contributed by atoms with Crippen molar-refractivity contribution >= 4 is 33.7 Å². The molecule has 21 heavy (non-hydrogen) atoms. The molecule has 0 bridgehead atoms. The summed E-state index contributed by atoms with van der Waals surface area (Å²) in [4.78, 5) is 13.1. The monoisotopic (exact) mass is 351 g/mol. The van der Waals surface area contributed by atoms with Gasteiger partial charge in [-0.05, 0) is 49.5 Å². The molecule has 0 spiro atoms. The van der Waals surface area contributed by atoms with Crippen molar-refractivity contribution in [2.45, 2.75) is 45.1 Å². The van der Waals surface area contributed by atoms with Crippen LogP contribution in [0.4, 0.5) is 5.69 Å². The third-order valence-electron chi connectivity index (χ3n) is 3.97. The summed E-state index contributed by atoms with van der Waals surface area (Å²) in [6.45, 7) is 3.35. The van der Waals surface area contributed by atoms with Gasteiger partial charge in [0.05, 0.1) is 0 Å². The van der Waals surface area contributed by atoms with Crippen LogP contribution in [0.3, 0.4) is 0 Å². The summed E-state index contributed by atoms with van der Waals surface area (Å²) in [5.74, 6) is -0.926. The maximum atomic E-state index is 10.6. The first kappa shape index (κ1) is 16.1. The van der Waals surface area contributed by atoms with Crippen LogP contribution in [0.2, 0.25) is 0 Å². The van der Waals surface area contributed by atoms with Crippen molar-refractivity contribution in [3.8, 4) is 0 Å². The highest BCUT2D eigenvalue weighted by Gasteiger charge is 2.22. The highest BCUT2D eigenvalue weighted by molar-refractivity contribution is 9.10. The number of benzene rings is 1. The Morgan fingerprint density at radius 3 is 2.95 bits per heavy atom. The Hall–Kier alpha value is -1.29. The van der Waals surface area contributed by atoms with Crippen LogP contribution in [-0.4, -0.2) is 23.7 Å². The van der Waals surface area contributed by atoms with E-state index in [1.165, 1.54) is 43.9 Å². The highest BCUT2D eigenvalue weighted by Crippen LogP contribution is 2.31. The quantitative estimate of drug-likeness (QED) is 0.781. The zero-order valence-corrected chi connectivity index (χ0v) is 14.0. The number of carboxylic acid groups (broad SMARTS) is 1. The van der Waals surface area contributed by atoms with E-state index < -0.39 is 5.97 Å². The summed E-state index contributed by atoms with van der Waals surface area (Å²) in [6.07, 6.45) is 9.07. The Morgan fingerprint density at radius 1 is 1.48 bits per heavy atom. The minimum atomic E-state index is -0.926. The minimum absolute atomic E-state index is 0.635. The SMILES string of the molecule is CCCC1CCCCN1c1ccc(/C=C/C(=O)O)c(Br)c1. The Balaban J connectivity index is 2.19. The lowest BCUT2D eigenvalue weighted by Gasteiger charge is -2.38. The van der Waals surface area contributed by atoms with Crippen LogP contribution in [0.5, 0.6) is 0 Å². The molecular formula is C17H22BrNO2. The van der Waals surface area contributed by atoms with Gasteiger partial charge in [0, 0.05) is 28.8 Å². The third kappa shape index (κ3) is 4.34. The van der Waals surface area contributed by atoms with E-state index in [1.807, 2.05) is 6.07 Å². The van der Waals surface area contributed by atoms with Gasteiger partial charge in [-0.25, -0.2) is 4.79 Å². The molecule has 1 N–H and O–H groups in total. The molecule has 0 aliphatic carbocycles. The van der Waals surface area contributed by atoms with Gasteiger partial charge in [0.2, 0.25) is 0 Å². The first-order valence-electron chi connectivity index (χ1n) is 7.59. The van der Waals surface area contributed by atoms with Gasteiger partial charge in [-0.2, -0.15) is 0 Å². The van der Waals surface area contributed by atoms with Gasteiger partial charge in [0.25, 0.3) is 0 Å².